The second kappa shape index (κ2) is 1.98. The average molecular weight is 121 g/mol. The van der Waals surface area contributed by atoms with E-state index in [1.165, 1.54) is 19.3 Å². The Balaban J connectivity index is 2.13. The molecule has 2 rings (SSSR count). The predicted octanol–water partition coefficient (Wildman–Crippen LogP) is 1.80. The van der Waals surface area contributed by atoms with E-state index in [0.717, 1.165) is 5.92 Å². The third-order valence-corrected chi connectivity index (χ3v) is 2.23. The van der Waals surface area contributed by atoms with Gasteiger partial charge in [0.2, 0.25) is 0 Å². The summed E-state index contributed by atoms with van der Waals surface area (Å²) >= 11 is 0. The van der Waals surface area contributed by atoms with Crippen LogP contribution in [0.15, 0.2) is 17.1 Å². The zero-order valence-corrected chi connectivity index (χ0v) is 5.46. The van der Waals surface area contributed by atoms with Gasteiger partial charge in [0.25, 0.3) is 0 Å². The fourth-order valence-corrected chi connectivity index (χ4v) is 1.62. The molecule has 0 saturated heterocycles. The fraction of sp³-hybridized carbons (Fsp3) is 0.625. The fourth-order valence-electron chi connectivity index (χ4n) is 1.62. The van der Waals surface area contributed by atoms with Crippen LogP contribution in [-0.4, -0.2) is 12.3 Å². The van der Waals surface area contributed by atoms with Gasteiger partial charge in [-0.2, -0.15) is 0 Å². The molecule has 1 aliphatic heterocycles. The summed E-state index contributed by atoms with van der Waals surface area (Å²) in [7, 11) is 0. The highest BCUT2D eigenvalue weighted by Gasteiger charge is 2.23. The van der Waals surface area contributed by atoms with Gasteiger partial charge < -0.3 is 0 Å². The summed E-state index contributed by atoms with van der Waals surface area (Å²) in [5.41, 5.74) is 0. The molecule has 0 bridgehead atoms. The van der Waals surface area contributed by atoms with Gasteiger partial charge in [0.15, 0.2) is 0 Å². The number of hydrogen-bond acceptors (Lipinski definition) is 1. The minimum Gasteiger partial charge on any atom is -0.294 e. The monoisotopic (exact) mass is 121 g/mol. The van der Waals surface area contributed by atoms with Gasteiger partial charge in [-0.05, 0) is 31.4 Å². The molecule has 1 heteroatoms. The van der Waals surface area contributed by atoms with Gasteiger partial charge in [0, 0.05) is 0 Å². The lowest BCUT2D eigenvalue weighted by molar-refractivity contribution is 0.455. The SMILES string of the molecule is C1=CCC2N=CCC2C1. The minimum absolute atomic E-state index is 0.648. The molecule has 2 aliphatic rings. The molecule has 0 radical (unpaired) electrons. The van der Waals surface area contributed by atoms with Crippen LogP contribution >= 0.6 is 0 Å². The zero-order chi connectivity index (χ0) is 6.10. The number of aliphatic imine (C=N–C) groups is 1. The molecular formula is C8H11N. The Labute approximate surface area is 55.5 Å². The Morgan fingerprint density at radius 2 is 2.00 bits per heavy atom. The number of rotatable bonds is 0. The van der Waals surface area contributed by atoms with Gasteiger partial charge in [0.05, 0.1) is 6.04 Å². The van der Waals surface area contributed by atoms with Gasteiger partial charge in [-0.25, -0.2) is 0 Å². The van der Waals surface area contributed by atoms with Crippen molar-refractivity contribution in [3.63, 3.8) is 0 Å². The van der Waals surface area contributed by atoms with Crippen molar-refractivity contribution in [2.24, 2.45) is 10.9 Å². The van der Waals surface area contributed by atoms with E-state index in [2.05, 4.69) is 23.4 Å². The van der Waals surface area contributed by atoms with Gasteiger partial charge in [-0.1, -0.05) is 12.2 Å². The number of hydrogen-bond donors (Lipinski definition) is 0. The van der Waals surface area contributed by atoms with Crippen molar-refractivity contribution >= 4 is 6.21 Å². The number of allylic oxidation sites excluding steroid dienone is 1. The first-order valence-corrected chi connectivity index (χ1v) is 3.63. The van der Waals surface area contributed by atoms with Crippen molar-refractivity contribution in [2.75, 3.05) is 0 Å². The lowest BCUT2D eigenvalue weighted by atomic mass is 9.90. The molecule has 0 spiro atoms. The molecule has 0 saturated carbocycles. The van der Waals surface area contributed by atoms with E-state index in [9.17, 15) is 0 Å². The highest BCUT2D eigenvalue weighted by molar-refractivity contribution is 5.61. The van der Waals surface area contributed by atoms with Crippen molar-refractivity contribution in [3.05, 3.63) is 12.2 Å². The van der Waals surface area contributed by atoms with Crippen LogP contribution in [0.1, 0.15) is 19.3 Å². The summed E-state index contributed by atoms with van der Waals surface area (Å²) in [4.78, 5) is 4.38. The maximum Gasteiger partial charge on any atom is 0.0564 e. The first-order valence-electron chi connectivity index (χ1n) is 3.63. The minimum atomic E-state index is 0.648. The Hall–Kier alpha value is -0.590. The molecule has 2 unspecified atom stereocenters. The molecule has 0 aromatic rings. The Morgan fingerprint density at radius 3 is 2.89 bits per heavy atom. The molecule has 1 aliphatic carbocycles. The molecule has 0 N–H and O–H groups in total. The van der Waals surface area contributed by atoms with Crippen LogP contribution in [0.2, 0.25) is 0 Å². The molecule has 0 aromatic carbocycles. The smallest absolute Gasteiger partial charge is 0.0564 e. The van der Waals surface area contributed by atoms with Crippen molar-refractivity contribution < 1.29 is 0 Å². The average Bonchev–Trinajstić information content (AvgIpc) is 2.33. The van der Waals surface area contributed by atoms with Crippen molar-refractivity contribution in [1.29, 1.82) is 0 Å². The van der Waals surface area contributed by atoms with Crippen molar-refractivity contribution in [1.82, 2.24) is 0 Å². The van der Waals surface area contributed by atoms with Crippen molar-refractivity contribution in [3.8, 4) is 0 Å². The summed E-state index contributed by atoms with van der Waals surface area (Å²) < 4.78 is 0. The van der Waals surface area contributed by atoms with E-state index >= 15 is 0 Å². The second-order valence-electron chi connectivity index (χ2n) is 2.84. The third-order valence-electron chi connectivity index (χ3n) is 2.23. The lowest BCUT2D eigenvalue weighted by Crippen LogP contribution is -2.14. The second-order valence-corrected chi connectivity index (χ2v) is 2.84. The lowest BCUT2D eigenvalue weighted by Gasteiger charge is -2.17. The summed E-state index contributed by atoms with van der Waals surface area (Å²) in [6.45, 7) is 0. The van der Waals surface area contributed by atoms with Gasteiger partial charge >= 0.3 is 0 Å². The highest BCUT2D eigenvalue weighted by Crippen LogP contribution is 2.27. The first-order chi connectivity index (χ1) is 4.47. The van der Waals surface area contributed by atoms with Gasteiger partial charge in [-0.3, -0.25) is 4.99 Å². The summed E-state index contributed by atoms with van der Waals surface area (Å²) in [6.07, 6.45) is 10.3. The van der Waals surface area contributed by atoms with E-state index < -0.39 is 0 Å². The zero-order valence-electron chi connectivity index (χ0n) is 5.46. The van der Waals surface area contributed by atoms with E-state index in [0.29, 0.717) is 6.04 Å². The Bertz CT molecular complexity index is 158. The van der Waals surface area contributed by atoms with Crippen LogP contribution in [0.5, 0.6) is 0 Å². The van der Waals surface area contributed by atoms with E-state index in [1.54, 1.807) is 0 Å². The van der Waals surface area contributed by atoms with Gasteiger partial charge in [-0.15, -0.1) is 0 Å². The van der Waals surface area contributed by atoms with Crippen LogP contribution in [0.4, 0.5) is 0 Å². The van der Waals surface area contributed by atoms with Crippen LogP contribution < -0.4 is 0 Å². The van der Waals surface area contributed by atoms with E-state index in [4.69, 9.17) is 0 Å². The van der Waals surface area contributed by atoms with E-state index in [1.807, 2.05) is 0 Å². The summed E-state index contributed by atoms with van der Waals surface area (Å²) in [5.74, 6) is 0.856. The van der Waals surface area contributed by atoms with Crippen molar-refractivity contribution in [2.45, 2.75) is 25.3 Å². The molecule has 0 fully saturated rings. The first kappa shape index (κ1) is 5.21. The normalized spacial score (nSPS) is 39.1. The highest BCUT2D eigenvalue weighted by atomic mass is 14.8. The molecule has 9 heavy (non-hydrogen) atoms. The quantitative estimate of drug-likeness (QED) is 0.433. The molecule has 0 amide bonds. The largest absolute Gasteiger partial charge is 0.294 e. The molecular weight excluding hydrogens is 110 g/mol. The predicted molar refractivity (Wildman–Crippen MR) is 38.8 cm³/mol. The number of nitrogens with zero attached hydrogens (tertiary/aromatic N) is 1. The standard InChI is InChI=1S/C8H11N/c1-2-4-8-7(3-1)5-6-9-8/h1-2,6-8H,3-5H2. The molecule has 0 aromatic heterocycles. The Morgan fingerprint density at radius 1 is 1.11 bits per heavy atom. The Kier molecular flexibility index (Phi) is 1.15. The van der Waals surface area contributed by atoms with Crippen LogP contribution in [0, 0.1) is 5.92 Å². The van der Waals surface area contributed by atoms with Crippen LogP contribution in [0.3, 0.4) is 0 Å². The topological polar surface area (TPSA) is 12.4 Å². The van der Waals surface area contributed by atoms with Crippen LogP contribution in [-0.2, 0) is 0 Å². The maximum atomic E-state index is 4.38. The summed E-state index contributed by atoms with van der Waals surface area (Å²) in [6, 6.07) is 0.648. The van der Waals surface area contributed by atoms with E-state index in [-0.39, 0.29) is 0 Å². The molecule has 1 heterocycles. The molecule has 1 nitrogen and oxygen atoms in total. The number of fused-ring (bicyclic) bond motifs is 1. The molecule has 2 atom stereocenters. The van der Waals surface area contributed by atoms with Crippen LogP contribution in [0.25, 0.3) is 0 Å². The third kappa shape index (κ3) is 0.805. The molecule has 48 valence electrons. The maximum absolute atomic E-state index is 4.38. The van der Waals surface area contributed by atoms with Gasteiger partial charge in [0.1, 0.15) is 0 Å². The summed E-state index contributed by atoms with van der Waals surface area (Å²) in [5, 5.41) is 0.